The van der Waals surface area contributed by atoms with Gasteiger partial charge in [0.05, 0.1) is 18.0 Å². The molecule has 136 valence electrons. The van der Waals surface area contributed by atoms with Crippen molar-refractivity contribution >= 4 is 21.6 Å². The van der Waals surface area contributed by atoms with Gasteiger partial charge < -0.3 is 9.88 Å². The van der Waals surface area contributed by atoms with E-state index >= 15 is 0 Å². The third-order valence-corrected chi connectivity index (χ3v) is 6.18. The lowest BCUT2D eigenvalue weighted by atomic mass is 9.97. The molecule has 8 nitrogen and oxygen atoms in total. The number of carbonyl (C=O) groups excluding carboxylic acids is 1. The van der Waals surface area contributed by atoms with Crippen LogP contribution in [0.1, 0.15) is 18.4 Å². The number of aryl methyl sites for hydroxylation is 1. The maximum absolute atomic E-state index is 12.6. The van der Waals surface area contributed by atoms with E-state index in [1.165, 1.54) is 16.8 Å². The molecular weight excluding hydrogens is 354 g/mol. The van der Waals surface area contributed by atoms with Crippen LogP contribution in [-0.2, 0) is 21.9 Å². The van der Waals surface area contributed by atoms with Gasteiger partial charge in [0, 0.05) is 37.9 Å². The quantitative estimate of drug-likeness (QED) is 0.870. The molecule has 0 radical (unpaired) electrons. The number of amides is 1. The minimum absolute atomic E-state index is 0.0282. The van der Waals surface area contributed by atoms with Gasteiger partial charge in [-0.1, -0.05) is 0 Å². The number of carbonyl (C=O) groups is 1. The Balaban J connectivity index is 1.59. The Kier molecular flexibility index (Phi) is 5.06. The molecule has 1 amide bonds. The van der Waals surface area contributed by atoms with Crippen molar-refractivity contribution in [1.29, 1.82) is 5.26 Å². The highest BCUT2D eigenvalue weighted by Gasteiger charge is 2.33. The monoisotopic (exact) mass is 373 g/mol. The lowest BCUT2D eigenvalue weighted by Gasteiger charge is -2.29. The van der Waals surface area contributed by atoms with Gasteiger partial charge in [0.25, 0.3) is 10.0 Å². The molecule has 1 aromatic carbocycles. The van der Waals surface area contributed by atoms with Crippen molar-refractivity contribution in [3.8, 4) is 6.07 Å². The van der Waals surface area contributed by atoms with E-state index < -0.39 is 10.0 Å². The van der Waals surface area contributed by atoms with Crippen LogP contribution in [0.5, 0.6) is 0 Å². The third kappa shape index (κ3) is 3.76. The highest BCUT2D eigenvalue weighted by atomic mass is 32.2. The fourth-order valence-corrected chi connectivity index (χ4v) is 4.32. The molecule has 1 aromatic heterocycles. The maximum atomic E-state index is 12.6. The van der Waals surface area contributed by atoms with Crippen molar-refractivity contribution in [3.63, 3.8) is 0 Å². The molecule has 1 N–H and O–H groups in total. The van der Waals surface area contributed by atoms with Crippen LogP contribution in [0, 0.1) is 17.2 Å². The summed E-state index contributed by atoms with van der Waals surface area (Å²) in [6.07, 6.45) is 3.83. The summed E-state index contributed by atoms with van der Waals surface area (Å²) in [6, 6.07) is 8.65. The minimum Gasteiger partial charge on any atom is -0.339 e. The summed E-state index contributed by atoms with van der Waals surface area (Å²) in [4.78, 5) is 16.3. The van der Waals surface area contributed by atoms with Crippen molar-refractivity contribution in [2.24, 2.45) is 13.0 Å². The number of nitriles is 1. The first-order valence-corrected chi connectivity index (χ1v) is 9.63. The van der Waals surface area contributed by atoms with Crippen molar-refractivity contribution in [1.82, 2.24) is 13.9 Å². The lowest BCUT2D eigenvalue weighted by Crippen LogP contribution is -2.41. The molecule has 0 bridgehead atoms. The summed E-state index contributed by atoms with van der Waals surface area (Å²) in [5.41, 5.74) is 1.15. The number of hydrogen-bond acceptors (Lipinski definition) is 5. The Hall–Kier alpha value is -2.70. The Morgan fingerprint density at radius 2 is 1.92 bits per heavy atom. The van der Waals surface area contributed by atoms with Gasteiger partial charge in [-0.2, -0.15) is 9.57 Å². The van der Waals surface area contributed by atoms with Gasteiger partial charge in [-0.3, -0.25) is 4.79 Å². The van der Waals surface area contributed by atoms with Gasteiger partial charge in [0.15, 0.2) is 5.03 Å². The second kappa shape index (κ2) is 7.27. The number of benzene rings is 1. The van der Waals surface area contributed by atoms with Gasteiger partial charge in [-0.15, -0.1) is 0 Å². The molecule has 1 aliphatic heterocycles. The van der Waals surface area contributed by atoms with Crippen LogP contribution >= 0.6 is 0 Å². The number of rotatable bonds is 4. The predicted octanol–water partition coefficient (Wildman–Crippen LogP) is 1.33. The standard InChI is InChI=1S/C17H19N5O3S/c1-21-11-16(19-12-21)26(24,25)22-8-6-14(7-9-22)17(23)20-15-4-2-13(10-18)3-5-15/h2-5,11-12,14H,6-9H2,1H3,(H,20,23). The van der Waals surface area contributed by atoms with Crippen LogP contribution in [0.15, 0.2) is 41.8 Å². The van der Waals surface area contributed by atoms with Crippen molar-refractivity contribution in [2.45, 2.75) is 17.9 Å². The summed E-state index contributed by atoms with van der Waals surface area (Å²) in [7, 11) is -1.90. The third-order valence-electron chi connectivity index (χ3n) is 4.39. The molecule has 2 aromatic rings. The molecule has 0 spiro atoms. The van der Waals surface area contributed by atoms with E-state index in [0.29, 0.717) is 24.1 Å². The number of imidazole rings is 1. The van der Waals surface area contributed by atoms with E-state index in [1.807, 2.05) is 6.07 Å². The summed E-state index contributed by atoms with van der Waals surface area (Å²) in [5.74, 6) is -0.384. The predicted molar refractivity (Wildman–Crippen MR) is 94.5 cm³/mol. The van der Waals surface area contributed by atoms with Crippen LogP contribution < -0.4 is 5.32 Å². The fourth-order valence-electron chi connectivity index (χ4n) is 2.89. The zero-order valence-electron chi connectivity index (χ0n) is 14.3. The van der Waals surface area contributed by atoms with Gasteiger partial charge >= 0.3 is 0 Å². The van der Waals surface area contributed by atoms with Crippen LogP contribution in [0.25, 0.3) is 0 Å². The van der Waals surface area contributed by atoms with Gasteiger partial charge in [0.1, 0.15) is 0 Å². The van der Waals surface area contributed by atoms with Gasteiger partial charge in [-0.25, -0.2) is 13.4 Å². The molecule has 3 rings (SSSR count). The molecule has 0 saturated carbocycles. The summed E-state index contributed by atoms with van der Waals surface area (Å²) < 4.78 is 28.1. The Morgan fingerprint density at radius 3 is 2.46 bits per heavy atom. The summed E-state index contributed by atoms with van der Waals surface area (Å²) >= 11 is 0. The molecule has 1 saturated heterocycles. The van der Waals surface area contributed by atoms with Crippen LogP contribution in [0.4, 0.5) is 5.69 Å². The largest absolute Gasteiger partial charge is 0.339 e. The first-order valence-electron chi connectivity index (χ1n) is 8.19. The average molecular weight is 373 g/mol. The SMILES string of the molecule is Cn1cnc(S(=O)(=O)N2CCC(C(=O)Nc3ccc(C#N)cc3)CC2)c1. The average Bonchev–Trinajstić information content (AvgIpc) is 3.10. The Morgan fingerprint density at radius 1 is 1.27 bits per heavy atom. The van der Waals surface area contributed by atoms with E-state index in [-0.39, 0.29) is 29.9 Å². The zero-order chi connectivity index (χ0) is 18.7. The van der Waals surface area contributed by atoms with Crippen molar-refractivity contribution in [2.75, 3.05) is 18.4 Å². The van der Waals surface area contributed by atoms with Crippen LogP contribution in [0.3, 0.4) is 0 Å². The smallest absolute Gasteiger partial charge is 0.262 e. The Labute approximate surface area is 152 Å². The second-order valence-corrected chi connectivity index (χ2v) is 8.12. The van der Waals surface area contributed by atoms with Crippen LogP contribution in [-0.4, -0.2) is 41.3 Å². The normalized spacial score (nSPS) is 16.2. The first kappa shape index (κ1) is 18.1. The van der Waals surface area contributed by atoms with E-state index in [4.69, 9.17) is 5.26 Å². The number of piperidine rings is 1. The molecule has 0 unspecified atom stereocenters. The van der Waals surface area contributed by atoms with Gasteiger partial charge in [-0.05, 0) is 37.1 Å². The van der Waals surface area contributed by atoms with Crippen molar-refractivity contribution < 1.29 is 13.2 Å². The Bertz CT molecular complexity index is 936. The van der Waals surface area contributed by atoms with Crippen molar-refractivity contribution in [3.05, 3.63) is 42.4 Å². The molecule has 2 heterocycles. The highest BCUT2D eigenvalue weighted by Crippen LogP contribution is 2.24. The molecule has 1 fully saturated rings. The highest BCUT2D eigenvalue weighted by molar-refractivity contribution is 7.89. The van der Waals surface area contributed by atoms with Crippen LogP contribution in [0.2, 0.25) is 0 Å². The van der Waals surface area contributed by atoms with E-state index in [2.05, 4.69) is 10.3 Å². The molecule has 0 aliphatic carbocycles. The molecule has 1 aliphatic rings. The molecule has 26 heavy (non-hydrogen) atoms. The first-order chi connectivity index (χ1) is 12.4. The van der Waals surface area contributed by atoms with Gasteiger partial charge in [0.2, 0.25) is 5.91 Å². The number of anilines is 1. The number of hydrogen-bond donors (Lipinski definition) is 1. The summed E-state index contributed by atoms with van der Waals surface area (Å²) in [6.45, 7) is 0.564. The fraction of sp³-hybridized carbons (Fsp3) is 0.353. The number of nitrogens with zero attached hydrogens (tertiary/aromatic N) is 4. The summed E-state index contributed by atoms with van der Waals surface area (Å²) in [5, 5.41) is 11.6. The van der Waals surface area contributed by atoms with E-state index in [1.54, 1.807) is 35.9 Å². The second-order valence-electron chi connectivity index (χ2n) is 6.23. The number of nitrogens with one attached hydrogen (secondary N) is 1. The minimum atomic E-state index is -3.62. The lowest BCUT2D eigenvalue weighted by molar-refractivity contribution is -0.120. The molecular formula is C17H19N5O3S. The number of aromatic nitrogens is 2. The molecule has 0 atom stereocenters. The number of sulfonamides is 1. The topological polar surface area (TPSA) is 108 Å². The van der Waals surface area contributed by atoms with E-state index in [0.717, 1.165) is 0 Å². The zero-order valence-corrected chi connectivity index (χ0v) is 15.1. The maximum Gasteiger partial charge on any atom is 0.262 e. The van der Waals surface area contributed by atoms with E-state index in [9.17, 15) is 13.2 Å². The molecule has 9 heteroatoms.